The van der Waals surface area contributed by atoms with Gasteiger partial charge in [0, 0.05) is 0 Å². The zero-order chi connectivity index (χ0) is 12.6. The summed E-state index contributed by atoms with van der Waals surface area (Å²) in [5.74, 6) is -0.188. The van der Waals surface area contributed by atoms with E-state index in [1.807, 2.05) is 19.1 Å². The monoisotopic (exact) mass is 231 g/mol. The molecule has 0 unspecified atom stereocenters. The second-order valence-electron chi connectivity index (χ2n) is 4.01. The third-order valence-corrected chi connectivity index (χ3v) is 2.47. The Kier molecular flexibility index (Phi) is 2.71. The first-order chi connectivity index (χ1) is 7.99. The Morgan fingerprint density at radius 3 is 2.65 bits per heavy atom. The van der Waals surface area contributed by atoms with Crippen molar-refractivity contribution in [1.29, 1.82) is 0 Å². The molecule has 4 heteroatoms. The van der Waals surface area contributed by atoms with Crippen molar-refractivity contribution in [3.8, 4) is 0 Å². The predicted octanol–water partition coefficient (Wildman–Crippen LogP) is 3.01. The summed E-state index contributed by atoms with van der Waals surface area (Å²) in [6, 6.07) is 5.57. The van der Waals surface area contributed by atoms with Crippen LogP contribution < -0.4 is 0 Å². The average molecular weight is 231 g/mol. The molecule has 0 radical (unpaired) electrons. The Hall–Kier alpha value is -2.10. The lowest BCUT2D eigenvalue weighted by atomic mass is 10.1. The van der Waals surface area contributed by atoms with E-state index in [0.29, 0.717) is 11.1 Å². The maximum atomic E-state index is 11.4. The Bertz CT molecular complexity index is 619. The number of allylic oxidation sites excluding steroid dienone is 2. The molecule has 1 heterocycles. The summed E-state index contributed by atoms with van der Waals surface area (Å²) in [5.41, 5.74) is 2.47. The van der Waals surface area contributed by atoms with E-state index in [1.165, 1.54) is 13.8 Å². The summed E-state index contributed by atoms with van der Waals surface area (Å²) in [4.78, 5) is 15.6. The highest BCUT2D eigenvalue weighted by Crippen LogP contribution is 2.24. The van der Waals surface area contributed by atoms with Gasteiger partial charge in [-0.3, -0.25) is 4.79 Å². The van der Waals surface area contributed by atoms with Crippen molar-refractivity contribution >= 4 is 22.5 Å². The number of hydrogen-bond donors (Lipinski definition) is 1. The SMILES string of the molecule is CC(=O)/C(=C(/C)O)c1nc2cc(C)ccc2o1. The molecule has 0 fully saturated rings. The number of Topliss-reactive ketones (excluding diaryl/α,β-unsaturated/α-hetero) is 1. The number of ketones is 1. The molecule has 2 aromatic rings. The highest BCUT2D eigenvalue weighted by molar-refractivity contribution is 6.18. The van der Waals surface area contributed by atoms with Crippen LogP contribution in [0.1, 0.15) is 25.3 Å². The average Bonchev–Trinajstić information content (AvgIpc) is 2.58. The van der Waals surface area contributed by atoms with E-state index < -0.39 is 0 Å². The van der Waals surface area contributed by atoms with E-state index in [1.54, 1.807) is 6.07 Å². The summed E-state index contributed by atoms with van der Waals surface area (Å²) in [6.45, 7) is 4.76. The number of aliphatic hydroxyl groups excluding tert-OH is 1. The molecule has 0 bridgehead atoms. The minimum Gasteiger partial charge on any atom is -0.512 e. The highest BCUT2D eigenvalue weighted by Gasteiger charge is 2.17. The number of benzene rings is 1. The predicted molar refractivity (Wildman–Crippen MR) is 64.6 cm³/mol. The number of fused-ring (bicyclic) bond motifs is 1. The van der Waals surface area contributed by atoms with Gasteiger partial charge in [0.25, 0.3) is 0 Å². The first kappa shape index (κ1) is 11.4. The van der Waals surface area contributed by atoms with Gasteiger partial charge in [0.1, 0.15) is 16.8 Å². The van der Waals surface area contributed by atoms with Gasteiger partial charge in [-0.2, -0.15) is 0 Å². The maximum absolute atomic E-state index is 11.4. The Morgan fingerprint density at radius 2 is 2.06 bits per heavy atom. The normalized spacial score (nSPS) is 12.6. The molecule has 2 rings (SSSR count). The zero-order valence-corrected chi connectivity index (χ0v) is 9.94. The van der Waals surface area contributed by atoms with Gasteiger partial charge in [0.2, 0.25) is 5.89 Å². The molecule has 88 valence electrons. The highest BCUT2D eigenvalue weighted by atomic mass is 16.4. The van der Waals surface area contributed by atoms with Crippen molar-refractivity contribution in [2.45, 2.75) is 20.8 Å². The van der Waals surface area contributed by atoms with Crippen molar-refractivity contribution in [2.75, 3.05) is 0 Å². The minimum absolute atomic E-state index is 0.0826. The summed E-state index contributed by atoms with van der Waals surface area (Å²) in [6.07, 6.45) is 0. The molecule has 0 aliphatic carbocycles. The molecule has 0 spiro atoms. The number of aryl methyl sites for hydroxylation is 1. The minimum atomic E-state index is -0.270. The molecule has 1 aromatic carbocycles. The van der Waals surface area contributed by atoms with Gasteiger partial charge in [0.05, 0.1) is 0 Å². The number of hydrogen-bond acceptors (Lipinski definition) is 4. The summed E-state index contributed by atoms with van der Waals surface area (Å²) < 4.78 is 5.46. The summed E-state index contributed by atoms with van der Waals surface area (Å²) in [7, 11) is 0. The number of carbonyl (C=O) groups is 1. The fourth-order valence-electron chi connectivity index (χ4n) is 1.70. The van der Waals surface area contributed by atoms with Gasteiger partial charge in [-0.25, -0.2) is 4.98 Å². The number of carbonyl (C=O) groups excluding carboxylic acids is 1. The molecule has 1 N–H and O–H groups in total. The second kappa shape index (κ2) is 4.05. The molecule has 0 aliphatic heterocycles. The van der Waals surface area contributed by atoms with Crippen molar-refractivity contribution < 1.29 is 14.3 Å². The van der Waals surface area contributed by atoms with Gasteiger partial charge in [0.15, 0.2) is 11.4 Å². The Labute approximate surface area is 98.6 Å². The number of aliphatic hydroxyl groups is 1. The van der Waals surface area contributed by atoms with Crippen molar-refractivity contribution in [3.05, 3.63) is 35.4 Å². The van der Waals surface area contributed by atoms with Gasteiger partial charge < -0.3 is 9.52 Å². The van der Waals surface area contributed by atoms with Crippen molar-refractivity contribution in [3.63, 3.8) is 0 Å². The molecule has 0 aliphatic rings. The number of rotatable bonds is 2. The van der Waals surface area contributed by atoms with Gasteiger partial charge in [-0.05, 0) is 38.5 Å². The smallest absolute Gasteiger partial charge is 0.234 e. The van der Waals surface area contributed by atoms with E-state index in [0.717, 1.165) is 5.56 Å². The molecular weight excluding hydrogens is 218 g/mol. The molecule has 1 aromatic heterocycles. The fourth-order valence-corrected chi connectivity index (χ4v) is 1.70. The van der Waals surface area contributed by atoms with E-state index in [-0.39, 0.29) is 23.0 Å². The van der Waals surface area contributed by atoms with Crippen LogP contribution in [-0.4, -0.2) is 15.9 Å². The van der Waals surface area contributed by atoms with E-state index in [4.69, 9.17) is 4.42 Å². The third-order valence-electron chi connectivity index (χ3n) is 2.47. The summed E-state index contributed by atoms with van der Waals surface area (Å²) in [5, 5.41) is 9.47. The fraction of sp³-hybridized carbons (Fsp3) is 0.231. The quantitative estimate of drug-likeness (QED) is 0.637. The van der Waals surface area contributed by atoms with Crippen LogP contribution in [0.25, 0.3) is 16.7 Å². The largest absolute Gasteiger partial charge is 0.512 e. The number of oxazole rings is 1. The van der Waals surface area contributed by atoms with Crippen LogP contribution in [0.2, 0.25) is 0 Å². The third kappa shape index (κ3) is 2.06. The van der Waals surface area contributed by atoms with E-state index in [2.05, 4.69) is 4.98 Å². The lowest BCUT2D eigenvalue weighted by Gasteiger charge is -1.98. The number of nitrogens with zero attached hydrogens (tertiary/aromatic N) is 1. The first-order valence-corrected chi connectivity index (χ1v) is 5.27. The van der Waals surface area contributed by atoms with Crippen molar-refractivity contribution in [1.82, 2.24) is 4.98 Å². The summed E-state index contributed by atoms with van der Waals surface area (Å²) >= 11 is 0. The van der Waals surface area contributed by atoms with Gasteiger partial charge in [-0.1, -0.05) is 6.07 Å². The van der Waals surface area contributed by atoms with Crippen molar-refractivity contribution in [2.24, 2.45) is 0 Å². The molecule has 4 nitrogen and oxygen atoms in total. The lowest BCUT2D eigenvalue weighted by Crippen LogP contribution is -1.99. The molecule has 17 heavy (non-hydrogen) atoms. The van der Waals surface area contributed by atoms with E-state index >= 15 is 0 Å². The molecule has 0 saturated heterocycles. The van der Waals surface area contributed by atoms with E-state index in [9.17, 15) is 9.90 Å². The van der Waals surface area contributed by atoms with Crippen LogP contribution in [-0.2, 0) is 4.79 Å². The van der Waals surface area contributed by atoms with Crippen LogP contribution in [0.3, 0.4) is 0 Å². The van der Waals surface area contributed by atoms with Gasteiger partial charge in [-0.15, -0.1) is 0 Å². The van der Waals surface area contributed by atoms with Crippen LogP contribution in [0, 0.1) is 6.92 Å². The molecule has 0 saturated carbocycles. The topological polar surface area (TPSA) is 63.3 Å². The molecule has 0 amide bonds. The number of aromatic nitrogens is 1. The molecular formula is C13H13NO3. The Balaban J connectivity index is 2.64. The lowest BCUT2D eigenvalue weighted by molar-refractivity contribution is -0.112. The maximum Gasteiger partial charge on any atom is 0.234 e. The van der Waals surface area contributed by atoms with Gasteiger partial charge >= 0.3 is 0 Å². The Morgan fingerprint density at radius 1 is 1.35 bits per heavy atom. The van der Waals surface area contributed by atoms with Crippen LogP contribution >= 0.6 is 0 Å². The standard InChI is InChI=1S/C13H13NO3/c1-7-4-5-11-10(6-7)14-13(17-11)12(8(2)15)9(3)16/h4-6,15H,1-3H3/b12-8+. The molecule has 0 atom stereocenters. The van der Waals surface area contributed by atoms with Crippen LogP contribution in [0.5, 0.6) is 0 Å². The second-order valence-corrected chi connectivity index (χ2v) is 4.01. The zero-order valence-electron chi connectivity index (χ0n) is 9.94. The van der Waals surface area contributed by atoms with Crippen LogP contribution in [0.4, 0.5) is 0 Å². The van der Waals surface area contributed by atoms with Crippen LogP contribution in [0.15, 0.2) is 28.4 Å². The first-order valence-electron chi connectivity index (χ1n) is 5.27.